The molecule has 0 aromatic carbocycles. The van der Waals surface area contributed by atoms with Crippen LogP contribution in [-0.4, -0.2) is 67.5 Å². The minimum absolute atomic E-state index is 0.0969. The second-order valence-electron chi connectivity index (χ2n) is 5.81. The van der Waals surface area contributed by atoms with Crippen LogP contribution in [0, 0.1) is 0 Å². The van der Waals surface area contributed by atoms with Gasteiger partial charge < -0.3 is 34.2 Å². The van der Waals surface area contributed by atoms with Gasteiger partial charge in [-0.25, -0.2) is 18.1 Å². The average molecular weight is 430 g/mol. The Labute approximate surface area is 139 Å². The number of phosphoric ester groups is 1. The molecule has 2 saturated carbocycles. The third-order valence-electron chi connectivity index (χ3n) is 4.28. The quantitative estimate of drug-likeness (QED) is 0.304. The lowest BCUT2D eigenvalue weighted by molar-refractivity contribution is -0.0481. The predicted octanol–water partition coefficient (Wildman–Crippen LogP) is -0.661. The molecule has 3 fully saturated rings. The topological polar surface area (TPSA) is 199 Å². The van der Waals surface area contributed by atoms with E-state index in [9.17, 15) is 28.1 Å². The normalized spacial score (nSPS) is 46.7. The molecule has 3 aliphatic rings. The summed E-state index contributed by atoms with van der Waals surface area (Å²) in [5.41, 5.74) is -6.07. The van der Waals surface area contributed by atoms with E-state index < -0.39 is 59.2 Å². The fraction of sp³-hybridized carbons (Fsp3) is 1.00. The van der Waals surface area contributed by atoms with Gasteiger partial charge in [-0.05, 0) is 0 Å². The Morgan fingerprint density at radius 2 is 1.76 bits per heavy atom. The van der Waals surface area contributed by atoms with Crippen molar-refractivity contribution in [2.24, 2.45) is 0 Å². The second-order valence-corrected chi connectivity index (χ2v) is 10.2. The molecule has 0 aromatic rings. The highest BCUT2D eigenvalue weighted by Gasteiger charge is 2.99. The average Bonchev–Trinajstić information content (AvgIpc) is 3.16. The first kappa shape index (κ1) is 20.0. The van der Waals surface area contributed by atoms with Crippen molar-refractivity contribution in [3.8, 4) is 0 Å². The number of hydrogen-bond acceptors (Lipinski definition) is 9. The van der Waals surface area contributed by atoms with Gasteiger partial charge in [-0.15, -0.1) is 0 Å². The SMILES string of the molecule is COC1[C@@]2(O)[C@@]1(COP(=O)(O)OP(=O)(O)OP(=O)(O)O)O[C@H]1C[C@@]12F. The molecule has 13 nitrogen and oxygen atoms in total. The van der Waals surface area contributed by atoms with Gasteiger partial charge in [0.2, 0.25) is 0 Å². The lowest BCUT2D eigenvalue weighted by Crippen LogP contribution is -2.35. The van der Waals surface area contributed by atoms with Gasteiger partial charge in [-0.2, -0.15) is 8.62 Å². The standard InChI is InChI=1S/C8H14FO13P3/c1-18-5-7(8(5,10)6(9)2-4(6)20-7)3-19-24(14,15)22-25(16,17)21-23(11,12)13/h4-5,10H,2-3H2,1H3,(H,14,15)(H,16,17)(H2,11,12,13)/t4-,5?,6+,7-,8-/m0/s1. The molecule has 0 spiro atoms. The fourth-order valence-electron chi connectivity index (χ4n) is 3.24. The Balaban J connectivity index is 1.67. The minimum Gasteiger partial charge on any atom is -0.380 e. The van der Waals surface area contributed by atoms with Crippen LogP contribution in [-0.2, 0) is 36.3 Å². The molecule has 1 aliphatic heterocycles. The highest BCUT2D eigenvalue weighted by atomic mass is 31.3. The molecule has 17 heteroatoms. The molecule has 0 aromatic heterocycles. The van der Waals surface area contributed by atoms with Crippen LogP contribution in [0.15, 0.2) is 0 Å². The van der Waals surface area contributed by atoms with E-state index in [1.165, 1.54) is 0 Å². The van der Waals surface area contributed by atoms with Gasteiger partial charge in [0.15, 0.2) is 16.9 Å². The summed E-state index contributed by atoms with van der Waals surface area (Å²) >= 11 is 0. The lowest BCUT2D eigenvalue weighted by Gasteiger charge is -2.20. The van der Waals surface area contributed by atoms with Gasteiger partial charge in [-0.3, -0.25) is 4.52 Å². The van der Waals surface area contributed by atoms with Crippen LogP contribution in [0.1, 0.15) is 6.42 Å². The number of phosphoric acid groups is 3. The van der Waals surface area contributed by atoms with Crippen molar-refractivity contribution in [1.82, 2.24) is 0 Å². The second kappa shape index (κ2) is 5.39. The molecule has 3 unspecified atom stereocenters. The Morgan fingerprint density at radius 1 is 1.16 bits per heavy atom. The molecule has 5 N–H and O–H groups in total. The van der Waals surface area contributed by atoms with Crippen molar-refractivity contribution in [2.75, 3.05) is 13.7 Å². The highest BCUT2D eigenvalue weighted by molar-refractivity contribution is 7.66. The zero-order valence-electron chi connectivity index (χ0n) is 12.3. The predicted molar refractivity (Wildman–Crippen MR) is 71.6 cm³/mol. The number of hydrogen-bond donors (Lipinski definition) is 5. The molecule has 3 rings (SSSR count). The summed E-state index contributed by atoms with van der Waals surface area (Å²) in [6.07, 6.45) is -2.27. The molecule has 0 bridgehead atoms. The molecule has 1 saturated heterocycles. The molecule has 25 heavy (non-hydrogen) atoms. The number of aliphatic hydroxyl groups is 1. The molecule has 0 radical (unpaired) electrons. The maximum Gasteiger partial charge on any atom is 0.490 e. The van der Waals surface area contributed by atoms with Crippen molar-refractivity contribution in [1.29, 1.82) is 0 Å². The van der Waals surface area contributed by atoms with Crippen LogP contribution >= 0.6 is 23.5 Å². The van der Waals surface area contributed by atoms with E-state index in [1.807, 2.05) is 0 Å². The van der Waals surface area contributed by atoms with Crippen LogP contribution in [0.2, 0.25) is 0 Å². The van der Waals surface area contributed by atoms with Crippen molar-refractivity contribution < 1.29 is 65.4 Å². The van der Waals surface area contributed by atoms with Crippen LogP contribution in [0.4, 0.5) is 4.39 Å². The zero-order valence-corrected chi connectivity index (χ0v) is 15.0. The van der Waals surface area contributed by atoms with Gasteiger partial charge in [-0.1, -0.05) is 0 Å². The maximum atomic E-state index is 14.4. The van der Waals surface area contributed by atoms with Crippen LogP contribution in [0.25, 0.3) is 0 Å². The molecular formula is C8H14FO13P3. The maximum absolute atomic E-state index is 14.4. The molecule has 2 aliphatic carbocycles. The largest absolute Gasteiger partial charge is 0.490 e. The lowest BCUT2D eigenvalue weighted by atomic mass is 10.1. The minimum atomic E-state index is -5.67. The molecule has 0 amide bonds. The summed E-state index contributed by atoms with van der Waals surface area (Å²) in [4.78, 5) is 35.3. The first-order valence-corrected chi connectivity index (χ1v) is 11.0. The Bertz CT molecular complexity index is 739. The van der Waals surface area contributed by atoms with E-state index >= 15 is 0 Å². The number of alkyl halides is 1. The fourth-order valence-corrected chi connectivity index (χ4v) is 6.29. The summed E-state index contributed by atoms with van der Waals surface area (Å²) in [5.74, 6) is 0. The number of halogens is 1. The smallest absolute Gasteiger partial charge is 0.380 e. The third kappa shape index (κ3) is 2.99. The van der Waals surface area contributed by atoms with E-state index in [0.717, 1.165) is 7.11 Å². The first-order chi connectivity index (χ1) is 11.1. The summed E-state index contributed by atoms with van der Waals surface area (Å²) in [5, 5.41) is 10.4. The first-order valence-electron chi connectivity index (χ1n) is 6.53. The van der Waals surface area contributed by atoms with Gasteiger partial charge in [0.25, 0.3) is 0 Å². The van der Waals surface area contributed by atoms with Crippen LogP contribution in [0.3, 0.4) is 0 Å². The Morgan fingerprint density at radius 3 is 2.28 bits per heavy atom. The van der Waals surface area contributed by atoms with Crippen molar-refractivity contribution in [3.05, 3.63) is 0 Å². The summed E-state index contributed by atoms with van der Waals surface area (Å²) in [6.45, 7) is -0.964. The van der Waals surface area contributed by atoms with E-state index in [-0.39, 0.29) is 6.42 Å². The molecule has 1 heterocycles. The third-order valence-corrected chi connectivity index (χ3v) is 8.06. The van der Waals surface area contributed by atoms with E-state index in [2.05, 4.69) is 13.1 Å². The van der Waals surface area contributed by atoms with Crippen LogP contribution in [0.5, 0.6) is 0 Å². The van der Waals surface area contributed by atoms with Gasteiger partial charge in [0.05, 0.1) is 12.7 Å². The van der Waals surface area contributed by atoms with Crippen LogP contribution < -0.4 is 0 Å². The van der Waals surface area contributed by atoms with Gasteiger partial charge in [0.1, 0.15) is 6.10 Å². The summed E-state index contributed by atoms with van der Waals surface area (Å²) in [6, 6.07) is 0. The van der Waals surface area contributed by atoms with Gasteiger partial charge >= 0.3 is 23.5 Å². The van der Waals surface area contributed by atoms with Gasteiger partial charge in [0, 0.05) is 13.5 Å². The van der Waals surface area contributed by atoms with E-state index in [1.54, 1.807) is 0 Å². The number of ether oxygens (including phenoxy) is 2. The highest BCUT2D eigenvalue weighted by Crippen LogP contribution is 2.76. The number of methoxy groups -OCH3 is 1. The van der Waals surface area contributed by atoms with E-state index in [4.69, 9.17) is 24.2 Å². The zero-order chi connectivity index (χ0) is 19.1. The summed E-state index contributed by atoms with van der Waals surface area (Å²) in [7, 11) is -15.5. The molecule has 146 valence electrons. The number of fused-ring (bicyclic) bond motifs is 3. The van der Waals surface area contributed by atoms with Crippen molar-refractivity contribution in [3.63, 3.8) is 0 Å². The number of rotatable bonds is 8. The van der Waals surface area contributed by atoms with E-state index in [0.29, 0.717) is 0 Å². The van der Waals surface area contributed by atoms with Crippen molar-refractivity contribution in [2.45, 2.75) is 35.5 Å². The molecular weight excluding hydrogens is 416 g/mol. The molecule has 7 atom stereocenters. The Hall–Kier alpha value is 0.220. The monoisotopic (exact) mass is 430 g/mol. The summed E-state index contributed by atoms with van der Waals surface area (Å²) < 4.78 is 69.5. The Kier molecular flexibility index (Phi) is 4.31. The van der Waals surface area contributed by atoms with Crippen molar-refractivity contribution >= 4 is 23.5 Å².